The third kappa shape index (κ3) is 5.24. The predicted octanol–water partition coefficient (Wildman–Crippen LogP) is 6.55. The second-order valence-electron chi connectivity index (χ2n) is 8.27. The predicted molar refractivity (Wildman–Crippen MR) is 116 cm³/mol. The molecule has 1 aromatic rings. The lowest BCUT2D eigenvalue weighted by molar-refractivity contribution is -0.162. The number of aryl methyl sites for hydroxylation is 1. The van der Waals surface area contributed by atoms with Crippen LogP contribution in [0.2, 0.25) is 0 Å². The lowest BCUT2D eigenvalue weighted by atomic mass is 9.84. The Labute approximate surface area is 170 Å². The molecular formula is C26H34O2. The molecule has 1 saturated heterocycles. The largest absolute Gasteiger partial charge is 0.353 e. The second kappa shape index (κ2) is 10.2. The van der Waals surface area contributed by atoms with Crippen LogP contribution in [0.1, 0.15) is 74.5 Å². The van der Waals surface area contributed by atoms with Crippen molar-refractivity contribution in [2.45, 2.75) is 76.9 Å². The summed E-state index contributed by atoms with van der Waals surface area (Å²) in [5.41, 5.74) is 7.54. The first kappa shape index (κ1) is 19.7. The Morgan fingerprint density at radius 3 is 2.89 bits per heavy atom. The van der Waals surface area contributed by atoms with Crippen molar-refractivity contribution < 1.29 is 9.47 Å². The summed E-state index contributed by atoms with van der Waals surface area (Å²) in [7, 11) is 0. The minimum absolute atomic E-state index is 0.0602. The van der Waals surface area contributed by atoms with E-state index >= 15 is 0 Å². The van der Waals surface area contributed by atoms with Gasteiger partial charge in [-0.2, -0.15) is 0 Å². The molecule has 28 heavy (non-hydrogen) atoms. The second-order valence-corrected chi connectivity index (χ2v) is 8.27. The standard InChI is InChI=1S/C26H34O2/c1-3-10-21(11-4-1)23-16-17-25-22(13-9-14-24(25)20-23)12-5-2-7-18-27-26-15-6-8-19-28-26/h3,9-11,13-14,20,26H,1-2,4-8,12,15-19H2. The Kier molecular flexibility index (Phi) is 7.18. The molecule has 0 amide bonds. The van der Waals surface area contributed by atoms with E-state index in [0.717, 1.165) is 26.1 Å². The Morgan fingerprint density at radius 1 is 1.04 bits per heavy atom. The minimum Gasteiger partial charge on any atom is -0.353 e. The highest BCUT2D eigenvalue weighted by Crippen LogP contribution is 2.32. The lowest BCUT2D eigenvalue weighted by Gasteiger charge is -2.22. The van der Waals surface area contributed by atoms with E-state index in [0.29, 0.717) is 0 Å². The van der Waals surface area contributed by atoms with Gasteiger partial charge in [-0.05, 0) is 92.0 Å². The molecule has 2 nitrogen and oxygen atoms in total. The van der Waals surface area contributed by atoms with E-state index in [1.807, 2.05) is 0 Å². The molecule has 0 saturated carbocycles. The molecule has 1 atom stereocenters. The number of rotatable bonds is 8. The summed E-state index contributed by atoms with van der Waals surface area (Å²) in [6.07, 6.45) is 22.6. The van der Waals surface area contributed by atoms with Crippen molar-refractivity contribution >= 4 is 6.08 Å². The van der Waals surface area contributed by atoms with E-state index in [1.54, 1.807) is 11.1 Å². The van der Waals surface area contributed by atoms with Gasteiger partial charge in [-0.3, -0.25) is 0 Å². The first-order valence-electron chi connectivity index (χ1n) is 11.3. The third-order valence-corrected chi connectivity index (χ3v) is 6.18. The fourth-order valence-electron chi connectivity index (χ4n) is 4.58. The van der Waals surface area contributed by atoms with E-state index in [9.17, 15) is 0 Å². The van der Waals surface area contributed by atoms with Crippen molar-refractivity contribution in [1.29, 1.82) is 0 Å². The molecule has 2 heteroatoms. The molecule has 1 aromatic carbocycles. The van der Waals surface area contributed by atoms with Crippen LogP contribution < -0.4 is 0 Å². The first-order valence-corrected chi connectivity index (χ1v) is 11.3. The molecule has 150 valence electrons. The van der Waals surface area contributed by atoms with Crippen molar-refractivity contribution in [3.63, 3.8) is 0 Å². The van der Waals surface area contributed by atoms with Crippen LogP contribution in [-0.2, 0) is 22.3 Å². The van der Waals surface area contributed by atoms with Crippen molar-refractivity contribution in [3.8, 4) is 0 Å². The average Bonchev–Trinajstić information content (AvgIpc) is 2.77. The van der Waals surface area contributed by atoms with E-state index in [2.05, 4.69) is 42.5 Å². The van der Waals surface area contributed by atoms with Gasteiger partial charge in [0.1, 0.15) is 0 Å². The molecule has 0 bridgehead atoms. The third-order valence-electron chi connectivity index (χ3n) is 6.18. The number of fused-ring (bicyclic) bond motifs is 1. The quantitative estimate of drug-likeness (QED) is 0.478. The number of hydrogen-bond donors (Lipinski definition) is 0. The molecule has 1 unspecified atom stereocenters. The molecule has 0 radical (unpaired) electrons. The zero-order valence-electron chi connectivity index (χ0n) is 17.1. The summed E-state index contributed by atoms with van der Waals surface area (Å²) in [6, 6.07) is 6.87. The monoisotopic (exact) mass is 378 g/mol. The van der Waals surface area contributed by atoms with E-state index in [1.165, 1.54) is 74.5 Å². The van der Waals surface area contributed by atoms with E-state index in [4.69, 9.17) is 9.47 Å². The number of benzene rings is 1. The van der Waals surface area contributed by atoms with Crippen molar-refractivity contribution in [3.05, 3.63) is 64.3 Å². The smallest absolute Gasteiger partial charge is 0.157 e. The average molecular weight is 379 g/mol. The Balaban J connectivity index is 1.25. The highest BCUT2D eigenvalue weighted by Gasteiger charge is 2.16. The Bertz CT molecular complexity index is 735. The molecule has 1 aliphatic heterocycles. The molecule has 2 aliphatic carbocycles. The molecule has 1 fully saturated rings. The van der Waals surface area contributed by atoms with Gasteiger partial charge in [-0.1, -0.05) is 48.9 Å². The molecule has 0 N–H and O–H groups in total. The SMILES string of the molecule is C1=CC(C2=Cc3cccc(CCCCCOC4CCCCO4)c3CC2)=CCC1. The number of allylic oxidation sites excluding steroid dienone is 5. The van der Waals surface area contributed by atoms with Crippen LogP contribution in [0.3, 0.4) is 0 Å². The zero-order valence-corrected chi connectivity index (χ0v) is 17.1. The minimum atomic E-state index is 0.0602. The Hall–Kier alpha value is -1.64. The van der Waals surface area contributed by atoms with Crippen LogP contribution in [0, 0.1) is 0 Å². The maximum atomic E-state index is 5.85. The van der Waals surface area contributed by atoms with E-state index < -0.39 is 0 Å². The molecule has 3 aliphatic rings. The lowest BCUT2D eigenvalue weighted by Crippen LogP contribution is -2.22. The molecule has 0 aromatic heterocycles. The van der Waals surface area contributed by atoms with Crippen LogP contribution in [0.25, 0.3) is 6.08 Å². The highest BCUT2D eigenvalue weighted by atomic mass is 16.7. The number of unbranched alkanes of at least 4 members (excludes halogenated alkanes) is 2. The van der Waals surface area contributed by atoms with Crippen molar-refractivity contribution in [2.75, 3.05) is 13.2 Å². The summed E-state index contributed by atoms with van der Waals surface area (Å²) in [4.78, 5) is 0. The normalized spacial score (nSPS) is 21.8. The molecule has 1 heterocycles. The van der Waals surface area contributed by atoms with Crippen LogP contribution >= 0.6 is 0 Å². The van der Waals surface area contributed by atoms with Crippen LogP contribution in [0.15, 0.2) is 47.6 Å². The van der Waals surface area contributed by atoms with Crippen LogP contribution in [0.5, 0.6) is 0 Å². The van der Waals surface area contributed by atoms with Gasteiger partial charge in [0, 0.05) is 13.2 Å². The maximum absolute atomic E-state index is 5.85. The highest BCUT2D eigenvalue weighted by molar-refractivity contribution is 5.67. The van der Waals surface area contributed by atoms with Gasteiger partial charge >= 0.3 is 0 Å². The summed E-state index contributed by atoms with van der Waals surface area (Å²) in [5, 5.41) is 0. The maximum Gasteiger partial charge on any atom is 0.157 e. The van der Waals surface area contributed by atoms with Crippen LogP contribution in [0.4, 0.5) is 0 Å². The van der Waals surface area contributed by atoms with Crippen LogP contribution in [-0.4, -0.2) is 19.5 Å². The number of hydrogen-bond acceptors (Lipinski definition) is 2. The molecule has 4 rings (SSSR count). The van der Waals surface area contributed by atoms with Gasteiger partial charge in [0.25, 0.3) is 0 Å². The van der Waals surface area contributed by atoms with Gasteiger partial charge in [0.15, 0.2) is 6.29 Å². The van der Waals surface area contributed by atoms with Gasteiger partial charge in [0.05, 0.1) is 0 Å². The summed E-state index contributed by atoms with van der Waals surface area (Å²) in [6.45, 7) is 1.71. The fraction of sp³-hybridized carbons (Fsp3) is 0.538. The zero-order chi connectivity index (χ0) is 19.0. The van der Waals surface area contributed by atoms with Gasteiger partial charge in [0.2, 0.25) is 0 Å². The van der Waals surface area contributed by atoms with Crippen molar-refractivity contribution in [1.82, 2.24) is 0 Å². The summed E-state index contributed by atoms with van der Waals surface area (Å²) < 4.78 is 11.5. The van der Waals surface area contributed by atoms with Gasteiger partial charge < -0.3 is 9.47 Å². The molecule has 0 spiro atoms. The number of ether oxygens (including phenoxy) is 2. The Morgan fingerprint density at radius 2 is 2.04 bits per heavy atom. The van der Waals surface area contributed by atoms with Crippen molar-refractivity contribution in [2.24, 2.45) is 0 Å². The summed E-state index contributed by atoms with van der Waals surface area (Å²) >= 11 is 0. The molecular weight excluding hydrogens is 344 g/mol. The van der Waals surface area contributed by atoms with Gasteiger partial charge in [-0.15, -0.1) is 0 Å². The summed E-state index contributed by atoms with van der Waals surface area (Å²) in [5.74, 6) is 0. The first-order chi connectivity index (χ1) is 13.9. The van der Waals surface area contributed by atoms with E-state index in [-0.39, 0.29) is 6.29 Å². The fourth-order valence-corrected chi connectivity index (χ4v) is 4.58. The van der Waals surface area contributed by atoms with Gasteiger partial charge in [-0.25, -0.2) is 0 Å². The topological polar surface area (TPSA) is 18.5 Å².